The van der Waals surface area contributed by atoms with Gasteiger partial charge in [-0.25, -0.2) is 4.79 Å². The van der Waals surface area contributed by atoms with Crippen molar-refractivity contribution < 1.29 is 19.1 Å². The summed E-state index contributed by atoms with van der Waals surface area (Å²) in [7, 11) is 1.55. The molecule has 6 nitrogen and oxygen atoms in total. The van der Waals surface area contributed by atoms with E-state index < -0.39 is 12.1 Å². The zero-order valence-corrected chi connectivity index (χ0v) is 14.4. The van der Waals surface area contributed by atoms with E-state index in [4.69, 9.17) is 9.47 Å². The topological polar surface area (TPSA) is 81.3 Å². The van der Waals surface area contributed by atoms with Crippen LogP contribution in [0.4, 0.5) is 0 Å². The lowest BCUT2D eigenvalue weighted by molar-refractivity contribution is 0.0313. The Hall–Kier alpha value is -3.41. The SMILES string of the molecule is COc1ccc(C(=O)C(C)OC(=O)c2cc(-c3ccccc3)n[nH]2)cc1. The summed E-state index contributed by atoms with van der Waals surface area (Å²) in [4.78, 5) is 24.7. The number of ether oxygens (including phenoxy) is 2. The van der Waals surface area contributed by atoms with E-state index in [1.165, 1.54) is 0 Å². The van der Waals surface area contributed by atoms with Gasteiger partial charge in [0.1, 0.15) is 11.4 Å². The Kier molecular flexibility index (Phi) is 5.12. The molecule has 2 aromatic carbocycles. The summed E-state index contributed by atoms with van der Waals surface area (Å²) in [6, 6.07) is 17.7. The number of carbonyl (C=O) groups excluding carboxylic acids is 2. The number of Topliss-reactive ketones (excluding diaryl/α,β-unsaturated/α-hetero) is 1. The van der Waals surface area contributed by atoms with Crippen LogP contribution in [0.1, 0.15) is 27.8 Å². The minimum atomic E-state index is -0.917. The van der Waals surface area contributed by atoms with E-state index in [2.05, 4.69) is 10.2 Å². The average molecular weight is 350 g/mol. The first kappa shape index (κ1) is 17.4. The van der Waals surface area contributed by atoms with Gasteiger partial charge in [-0.3, -0.25) is 9.89 Å². The van der Waals surface area contributed by atoms with E-state index in [0.717, 1.165) is 5.56 Å². The first-order valence-electron chi connectivity index (χ1n) is 8.08. The number of aromatic amines is 1. The van der Waals surface area contributed by atoms with Crippen LogP contribution in [0, 0.1) is 0 Å². The Morgan fingerprint density at radius 1 is 1.04 bits per heavy atom. The standard InChI is InChI=1S/C20H18N2O4/c1-13(19(23)15-8-10-16(25-2)11-9-15)26-20(24)18-12-17(21-22-18)14-6-4-3-5-7-14/h3-13H,1-2H3,(H,21,22). The highest BCUT2D eigenvalue weighted by molar-refractivity contribution is 6.01. The molecule has 1 unspecified atom stereocenters. The Bertz CT molecular complexity index is 901. The fraction of sp³-hybridized carbons (Fsp3) is 0.150. The number of hydrogen-bond donors (Lipinski definition) is 1. The molecule has 1 aromatic heterocycles. The van der Waals surface area contributed by atoms with E-state index >= 15 is 0 Å². The van der Waals surface area contributed by atoms with Gasteiger partial charge in [-0.05, 0) is 37.3 Å². The van der Waals surface area contributed by atoms with Crippen molar-refractivity contribution in [3.63, 3.8) is 0 Å². The number of H-pyrrole nitrogens is 1. The van der Waals surface area contributed by atoms with Crippen molar-refractivity contribution in [2.75, 3.05) is 7.11 Å². The molecule has 6 heteroatoms. The highest BCUT2D eigenvalue weighted by atomic mass is 16.5. The molecule has 0 saturated heterocycles. The van der Waals surface area contributed by atoms with Crippen LogP contribution in [0.5, 0.6) is 5.75 Å². The van der Waals surface area contributed by atoms with Crippen molar-refractivity contribution in [2.24, 2.45) is 0 Å². The fourth-order valence-electron chi connectivity index (χ4n) is 2.45. The molecule has 0 fully saturated rings. The lowest BCUT2D eigenvalue weighted by Crippen LogP contribution is -2.24. The van der Waals surface area contributed by atoms with Crippen LogP contribution in [0.25, 0.3) is 11.3 Å². The van der Waals surface area contributed by atoms with Gasteiger partial charge >= 0.3 is 5.97 Å². The third kappa shape index (κ3) is 3.80. The van der Waals surface area contributed by atoms with Gasteiger partial charge in [0.05, 0.1) is 12.8 Å². The molecule has 26 heavy (non-hydrogen) atoms. The molecule has 1 heterocycles. The summed E-state index contributed by atoms with van der Waals surface area (Å²) in [6.45, 7) is 1.54. The second-order valence-electron chi connectivity index (χ2n) is 5.67. The van der Waals surface area contributed by atoms with Crippen LogP contribution >= 0.6 is 0 Å². The molecule has 0 bridgehead atoms. The highest BCUT2D eigenvalue weighted by Crippen LogP contribution is 2.18. The number of rotatable bonds is 6. The molecule has 132 valence electrons. The van der Waals surface area contributed by atoms with Crippen LogP contribution in [0.3, 0.4) is 0 Å². The second kappa shape index (κ2) is 7.65. The molecule has 0 saturated carbocycles. The lowest BCUT2D eigenvalue weighted by atomic mass is 10.1. The molecule has 1 atom stereocenters. The molecule has 0 radical (unpaired) electrons. The Labute approximate surface area is 150 Å². The number of aromatic nitrogens is 2. The molecular weight excluding hydrogens is 332 g/mol. The normalized spacial score (nSPS) is 11.6. The quantitative estimate of drug-likeness (QED) is 0.543. The summed E-state index contributed by atoms with van der Waals surface area (Å²) in [6.07, 6.45) is -0.917. The van der Waals surface area contributed by atoms with E-state index in [9.17, 15) is 9.59 Å². The van der Waals surface area contributed by atoms with Crippen molar-refractivity contribution in [3.8, 4) is 17.0 Å². The van der Waals surface area contributed by atoms with Gasteiger partial charge in [0.25, 0.3) is 0 Å². The Morgan fingerprint density at radius 2 is 1.73 bits per heavy atom. The maximum absolute atomic E-state index is 12.4. The number of carbonyl (C=O) groups is 2. The molecule has 0 aliphatic heterocycles. The summed E-state index contributed by atoms with van der Waals surface area (Å²) >= 11 is 0. The first-order valence-corrected chi connectivity index (χ1v) is 8.08. The number of esters is 1. The van der Waals surface area contributed by atoms with E-state index in [1.54, 1.807) is 44.4 Å². The third-order valence-electron chi connectivity index (χ3n) is 3.89. The second-order valence-corrected chi connectivity index (χ2v) is 5.67. The molecule has 0 aliphatic rings. The fourth-order valence-corrected chi connectivity index (χ4v) is 2.45. The van der Waals surface area contributed by atoms with Crippen molar-refractivity contribution in [1.82, 2.24) is 10.2 Å². The Balaban J connectivity index is 1.67. The van der Waals surface area contributed by atoms with Gasteiger partial charge in [-0.15, -0.1) is 0 Å². The summed E-state index contributed by atoms with van der Waals surface area (Å²) < 4.78 is 10.3. The predicted molar refractivity (Wildman–Crippen MR) is 96.2 cm³/mol. The zero-order valence-electron chi connectivity index (χ0n) is 14.4. The first-order chi connectivity index (χ1) is 12.6. The van der Waals surface area contributed by atoms with Crippen molar-refractivity contribution in [3.05, 3.63) is 71.9 Å². The van der Waals surface area contributed by atoms with Gasteiger partial charge < -0.3 is 9.47 Å². The monoisotopic (exact) mass is 350 g/mol. The van der Waals surface area contributed by atoms with E-state index in [0.29, 0.717) is 17.0 Å². The summed E-state index contributed by atoms with van der Waals surface area (Å²) in [5, 5.41) is 6.76. The minimum absolute atomic E-state index is 0.193. The average Bonchev–Trinajstić information content (AvgIpc) is 3.18. The molecule has 0 spiro atoms. The van der Waals surface area contributed by atoms with E-state index in [-0.39, 0.29) is 11.5 Å². The largest absolute Gasteiger partial charge is 0.497 e. The summed E-state index contributed by atoms with van der Waals surface area (Å²) in [5.74, 6) is -0.269. The number of nitrogens with zero attached hydrogens (tertiary/aromatic N) is 1. The number of benzene rings is 2. The zero-order chi connectivity index (χ0) is 18.5. The molecule has 3 rings (SSSR count). The van der Waals surface area contributed by atoms with Crippen LogP contribution in [0.2, 0.25) is 0 Å². The molecular formula is C20H18N2O4. The Morgan fingerprint density at radius 3 is 2.38 bits per heavy atom. The number of nitrogens with one attached hydrogen (secondary N) is 1. The minimum Gasteiger partial charge on any atom is -0.497 e. The molecule has 1 N–H and O–H groups in total. The molecule has 3 aromatic rings. The number of hydrogen-bond acceptors (Lipinski definition) is 5. The van der Waals surface area contributed by atoms with Crippen LogP contribution in [-0.4, -0.2) is 35.2 Å². The van der Waals surface area contributed by atoms with Gasteiger partial charge in [0, 0.05) is 11.1 Å². The van der Waals surface area contributed by atoms with Crippen LogP contribution in [-0.2, 0) is 4.74 Å². The van der Waals surface area contributed by atoms with Gasteiger partial charge in [0.15, 0.2) is 6.10 Å². The number of methoxy groups -OCH3 is 1. The molecule has 0 aliphatic carbocycles. The smallest absolute Gasteiger partial charge is 0.357 e. The van der Waals surface area contributed by atoms with Crippen LogP contribution < -0.4 is 4.74 Å². The molecule has 0 amide bonds. The maximum Gasteiger partial charge on any atom is 0.357 e. The summed E-state index contributed by atoms with van der Waals surface area (Å²) in [5.41, 5.74) is 2.15. The van der Waals surface area contributed by atoms with Gasteiger partial charge in [0.2, 0.25) is 5.78 Å². The van der Waals surface area contributed by atoms with E-state index in [1.807, 2.05) is 30.3 Å². The lowest BCUT2D eigenvalue weighted by Gasteiger charge is -2.11. The number of ketones is 1. The van der Waals surface area contributed by atoms with Crippen molar-refractivity contribution in [1.29, 1.82) is 0 Å². The van der Waals surface area contributed by atoms with Crippen molar-refractivity contribution >= 4 is 11.8 Å². The van der Waals surface area contributed by atoms with Crippen molar-refractivity contribution in [2.45, 2.75) is 13.0 Å². The maximum atomic E-state index is 12.4. The van der Waals surface area contributed by atoms with Gasteiger partial charge in [-0.2, -0.15) is 5.10 Å². The third-order valence-corrected chi connectivity index (χ3v) is 3.89. The predicted octanol–water partition coefficient (Wildman–Crippen LogP) is 3.51. The van der Waals surface area contributed by atoms with Crippen LogP contribution in [0.15, 0.2) is 60.7 Å². The highest BCUT2D eigenvalue weighted by Gasteiger charge is 2.22. The van der Waals surface area contributed by atoms with Gasteiger partial charge in [-0.1, -0.05) is 30.3 Å².